The maximum atomic E-state index is 13.5. The molecule has 0 aromatic heterocycles. The molecule has 0 aliphatic heterocycles. The third kappa shape index (κ3) is 1.95. The van der Waals surface area contributed by atoms with Gasteiger partial charge in [-0.3, -0.25) is 0 Å². The van der Waals surface area contributed by atoms with E-state index in [0.717, 1.165) is 5.56 Å². The SMILES string of the molecule is Cc1ccc(S(=N)(=O)C(C)(C)F)cc1. The number of alkyl halides is 1. The van der Waals surface area contributed by atoms with Gasteiger partial charge in [0.25, 0.3) is 0 Å². The molecule has 1 atom stereocenters. The van der Waals surface area contributed by atoms with Crippen molar-refractivity contribution < 1.29 is 8.60 Å². The van der Waals surface area contributed by atoms with Crippen molar-refractivity contribution in [2.24, 2.45) is 0 Å². The highest BCUT2D eigenvalue weighted by Crippen LogP contribution is 2.27. The molecule has 1 rings (SSSR count). The number of nitrogens with one attached hydrogen (secondary N) is 1. The second kappa shape index (κ2) is 3.35. The minimum Gasteiger partial charge on any atom is -0.246 e. The summed E-state index contributed by atoms with van der Waals surface area (Å²) in [5.41, 5.74) is 1.00. The van der Waals surface area contributed by atoms with Gasteiger partial charge in [-0.05, 0) is 32.9 Å². The Kier molecular flexibility index (Phi) is 2.67. The number of hydrogen-bond acceptors (Lipinski definition) is 2. The Bertz CT molecular complexity index is 414. The first-order valence-corrected chi connectivity index (χ1v) is 5.85. The first kappa shape index (κ1) is 11.2. The molecule has 0 heterocycles. The van der Waals surface area contributed by atoms with Crippen LogP contribution in [0.25, 0.3) is 0 Å². The van der Waals surface area contributed by atoms with E-state index in [0.29, 0.717) is 0 Å². The maximum absolute atomic E-state index is 13.5. The van der Waals surface area contributed by atoms with Crippen LogP contribution >= 0.6 is 0 Å². The first-order chi connectivity index (χ1) is 6.25. The minimum absolute atomic E-state index is 0.246. The van der Waals surface area contributed by atoms with Gasteiger partial charge in [0, 0.05) is 0 Å². The van der Waals surface area contributed by atoms with Crippen LogP contribution in [0.5, 0.6) is 0 Å². The number of rotatable bonds is 2. The first-order valence-electron chi connectivity index (χ1n) is 4.29. The van der Waals surface area contributed by atoms with E-state index in [9.17, 15) is 8.60 Å². The fraction of sp³-hybridized carbons (Fsp3) is 0.400. The Morgan fingerprint density at radius 3 is 2.07 bits per heavy atom. The summed E-state index contributed by atoms with van der Waals surface area (Å²) in [6.45, 7) is 4.22. The highest BCUT2D eigenvalue weighted by atomic mass is 32.2. The van der Waals surface area contributed by atoms with E-state index in [2.05, 4.69) is 0 Å². The van der Waals surface area contributed by atoms with Crippen molar-refractivity contribution in [2.75, 3.05) is 0 Å². The molecule has 0 saturated carbocycles. The average Bonchev–Trinajstić information content (AvgIpc) is 2.03. The topological polar surface area (TPSA) is 40.9 Å². The zero-order chi connectivity index (χ0) is 11.0. The van der Waals surface area contributed by atoms with Gasteiger partial charge >= 0.3 is 0 Å². The number of benzene rings is 1. The number of aryl methyl sites for hydroxylation is 1. The summed E-state index contributed by atoms with van der Waals surface area (Å²) in [5, 5.41) is -2.01. The Labute approximate surface area is 84.1 Å². The van der Waals surface area contributed by atoms with Gasteiger partial charge in [-0.15, -0.1) is 0 Å². The highest BCUT2D eigenvalue weighted by Gasteiger charge is 2.31. The lowest BCUT2D eigenvalue weighted by molar-refractivity contribution is 0.330. The molecule has 1 N–H and O–H groups in total. The van der Waals surface area contributed by atoms with Crippen molar-refractivity contribution in [1.29, 1.82) is 4.78 Å². The summed E-state index contributed by atoms with van der Waals surface area (Å²) in [6, 6.07) is 6.56. The van der Waals surface area contributed by atoms with Gasteiger partial charge in [0.15, 0.2) is 5.00 Å². The quantitative estimate of drug-likeness (QED) is 0.809. The molecule has 0 bridgehead atoms. The molecule has 0 radical (unpaired) electrons. The molecule has 1 aromatic rings. The Hall–Kier alpha value is -0.900. The van der Waals surface area contributed by atoms with Gasteiger partial charge in [0.05, 0.1) is 4.90 Å². The van der Waals surface area contributed by atoms with Gasteiger partial charge < -0.3 is 0 Å². The van der Waals surface area contributed by atoms with Crippen molar-refractivity contribution in [2.45, 2.75) is 30.7 Å². The lowest BCUT2D eigenvalue weighted by atomic mass is 10.2. The molecule has 0 spiro atoms. The predicted molar refractivity (Wildman–Crippen MR) is 55.5 cm³/mol. The van der Waals surface area contributed by atoms with Crippen LogP contribution in [0.4, 0.5) is 4.39 Å². The van der Waals surface area contributed by atoms with E-state index in [1.807, 2.05) is 6.92 Å². The van der Waals surface area contributed by atoms with Crippen molar-refractivity contribution in [3.63, 3.8) is 0 Å². The minimum atomic E-state index is -3.36. The normalized spacial score (nSPS) is 16.3. The summed E-state index contributed by atoms with van der Waals surface area (Å²) in [4.78, 5) is 0.246. The summed E-state index contributed by atoms with van der Waals surface area (Å²) in [6.07, 6.45) is 0. The second-order valence-electron chi connectivity index (χ2n) is 3.73. The molecular weight excluding hydrogens is 201 g/mol. The van der Waals surface area contributed by atoms with E-state index in [1.54, 1.807) is 24.3 Å². The predicted octanol–water partition coefficient (Wildman–Crippen LogP) is 3.11. The van der Waals surface area contributed by atoms with Crippen molar-refractivity contribution in [3.8, 4) is 0 Å². The molecule has 0 fully saturated rings. The molecule has 0 saturated heterocycles. The largest absolute Gasteiger partial charge is 0.246 e. The van der Waals surface area contributed by atoms with E-state index in [1.165, 1.54) is 13.8 Å². The zero-order valence-electron chi connectivity index (χ0n) is 8.50. The average molecular weight is 215 g/mol. The monoisotopic (exact) mass is 215 g/mol. The van der Waals surface area contributed by atoms with Crippen molar-refractivity contribution >= 4 is 9.73 Å². The molecule has 1 aromatic carbocycles. The zero-order valence-corrected chi connectivity index (χ0v) is 9.32. The van der Waals surface area contributed by atoms with Crippen LogP contribution in [-0.4, -0.2) is 9.21 Å². The molecule has 1 unspecified atom stereocenters. The van der Waals surface area contributed by atoms with Gasteiger partial charge in [-0.1, -0.05) is 17.7 Å². The smallest absolute Gasteiger partial charge is 0.191 e. The van der Waals surface area contributed by atoms with Gasteiger partial charge in [0.1, 0.15) is 9.73 Å². The molecule has 4 heteroatoms. The summed E-state index contributed by atoms with van der Waals surface area (Å²) in [5.74, 6) is 0. The van der Waals surface area contributed by atoms with Gasteiger partial charge in [0.2, 0.25) is 0 Å². The van der Waals surface area contributed by atoms with E-state index < -0.39 is 14.7 Å². The van der Waals surface area contributed by atoms with Gasteiger partial charge in [-0.25, -0.2) is 13.4 Å². The second-order valence-corrected chi connectivity index (χ2v) is 6.29. The number of hydrogen-bond donors (Lipinski definition) is 1. The summed E-state index contributed by atoms with van der Waals surface area (Å²) in [7, 11) is -3.36. The van der Waals surface area contributed by atoms with Crippen LogP contribution in [0.2, 0.25) is 0 Å². The van der Waals surface area contributed by atoms with Crippen LogP contribution in [-0.2, 0) is 9.73 Å². The molecule has 0 aliphatic carbocycles. The summed E-state index contributed by atoms with van der Waals surface area (Å²) < 4.78 is 32.8. The molecule has 14 heavy (non-hydrogen) atoms. The molecular formula is C10H14FNOS. The number of halogens is 1. The lowest BCUT2D eigenvalue weighted by Gasteiger charge is -2.18. The third-order valence-corrected chi connectivity index (χ3v) is 4.34. The van der Waals surface area contributed by atoms with Crippen LogP contribution in [0, 0.1) is 11.7 Å². The van der Waals surface area contributed by atoms with E-state index in [4.69, 9.17) is 4.78 Å². The summed E-state index contributed by atoms with van der Waals surface area (Å²) >= 11 is 0. The molecule has 78 valence electrons. The van der Waals surface area contributed by atoms with E-state index >= 15 is 0 Å². The fourth-order valence-corrected chi connectivity index (χ4v) is 2.09. The van der Waals surface area contributed by atoms with E-state index in [-0.39, 0.29) is 4.90 Å². The lowest BCUT2D eigenvalue weighted by Crippen LogP contribution is -2.25. The van der Waals surface area contributed by atoms with Crippen molar-refractivity contribution in [3.05, 3.63) is 29.8 Å². The van der Waals surface area contributed by atoms with Crippen LogP contribution in [0.3, 0.4) is 0 Å². The Morgan fingerprint density at radius 2 is 1.71 bits per heavy atom. The molecule has 0 aliphatic rings. The van der Waals surface area contributed by atoms with Gasteiger partial charge in [-0.2, -0.15) is 0 Å². The highest BCUT2D eigenvalue weighted by molar-refractivity contribution is 7.93. The van der Waals surface area contributed by atoms with Crippen LogP contribution in [0.15, 0.2) is 29.2 Å². The van der Waals surface area contributed by atoms with Crippen LogP contribution < -0.4 is 0 Å². The Morgan fingerprint density at radius 1 is 1.29 bits per heavy atom. The standard InChI is InChI=1S/C10H14FNOS/c1-8-4-6-9(7-5-8)14(12,13)10(2,3)11/h4-7,12H,1-3H3. The fourth-order valence-electron chi connectivity index (χ4n) is 1.01. The molecule has 0 amide bonds. The Balaban J connectivity index is 3.25. The maximum Gasteiger partial charge on any atom is 0.191 e. The van der Waals surface area contributed by atoms with Crippen LogP contribution in [0.1, 0.15) is 19.4 Å². The third-order valence-electron chi connectivity index (χ3n) is 2.04. The molecule has 2 nitrogen and oxygen atoms in total. The van der Waals surface area contributed by atoms with Crippen molar-refractivity contribution in [1.82, 2.24) is 0 Å².